The van der Waals surface area contributed by atoms with E-state index in [1.165, 1.54) is 4.88 Å². The van der Waals surface area contributed by atoms with E-state index in [9.17, 15) is 4.79 Å². The molecule has 2 atom stereocenters. The van der Waals surface area contributed by atoms with Gasteiger partial charge in [-0.15, -0.1) is 11.3 Å². The van der Waals surface area contributed by atoms with Crippen LogP contribution in [0.5, 0.6) is 0 Å². The molecule has 4 heteroatoms. The Morgan fingerprint density at radius 2 is 2.50 bits per heavy atom. The van der Waals surface area contributed by atoms with Gasteiger partial charge in [-0.3, -0.25) is 4.79 Å². The highest BCUT2D eigenvalue weighted by molar-refractivity contribution is 7.16. The maximum atomic E-state index is 11.3. The summed E-state index contributed by atoms with van der Waals surface area (Å²) in [7, 11) is 0. The van der Waals surface area contributed by atoms with Gasteiger partial charge in [0.2, 0.25) is 0 Å². The quantitative estimate of drug-likeness (QED) is 0.746. The molecular weight excluding hydrogens is 220 g/mol. The van der Waals surface area contributed by atoms with E-state index >= 15 is 0 Å². The predicted octanol–water partition coefficient (Wildman–Crippen LogP) is 3.07. The lowest BCUT2D eigenvalue weighted by molar-refractivity contribution is -0.144. The van der Waals surface area contributed by atoms with E-state index in [-0.39, 0.29) is 11.9 Å². The number of esters is 1. The first-order valence-corrected chi connectivity index (χ1v) is 5.83. The zero-order valence-electron chi connectivity index (χ0n) is 7.83. The molecule has 0 spiro atoms. The van der Waals surface area contributed by atoms with E-state index < -0.39 is 0 Å². The largest absolute Gasteiger partial charge is 0.466 e. The van der Waals surface area contributed by atoms with E-state index in [0.717, 1.165) is 10.8 Å². The van der Waals surface area contributed by atoms with Crippen molar-refractivity contribution in [1.82, 2.24) is 0 Å². The second-order valence-electron chi connectivity index (χ2n) is 3.34. The Labute approximate surface area is 91.8 Å². The number of thiophene rings is 1. The topological polar surface area (TPSA) is 26.3 Å². The van der Waals surface area contributed by atoms with Crippen LogP contribution in [0.3, 0.4) is 0 Å². The fraction of sp³-hybridized carbons (Fsp3) is 0.500. The summed E-state index contributed by atoms with van der Waals surface area (Å²) in [5, 5.41) is 0. The Morgan fingerprint density at radius 3 is 3.07 bits per heavy atom. The molecule has 1 heterocycles. The molecule has 0 saturated heterocycles. The Morgan fingerprint density at radius 1 is 1.71 bits per heavy atom. The van der Waals surface area contributed by atoms with Crippen molar-refractivity contribution in [3.05, 3.63) is 21.3 Å². The van der Waals surface area contributed by atoms with Crippen LogP contribution in [0.2, 0.25) is 4.34 Å². The minimum absolute atomic E-state index is 0.0676. The molecule has 2 unspecified atom stereocenters. The van der Waals surface area contributed by atoms with E-state index in [0.29, 0.717) is 12.5 Å². The maximum Gasteiger partial charge on any atom is 0.309 e. The van der Waals surface area contributed by atoms with Gasteiger partial charge < -0.3 is 4.74 Å². The summed E-state index contributed by atoms with van der Waals surface area (Å²) in [6, 6.07) is 3.87. The van der Waals surface area contributed by atoms with Gasteiger partial charge in [0.25, 0.3) is 0 Å². The lowest BCUT2D eigenvalue weighted by atomic mass is 10.3. The number of hydrogen-bond acceptors (Lipinski definition) is 3. The highest BCUT2D eigenvalue weighted by Crippen LogP contribution is 2.50. The van der Waals surface area contributed by atoms with Crippen LogP contribution in [0, 0.1) is 5.92 Å². The highest BCUT2D eigenvalue weighted by atomic mass is 35.5. The molecule has 0 aliphatic heterocycles. The first-order valence-electron chi connectivity index (χ1n) is 4.64. The van der Waals surface area contributed by atoms with Crippen LogP contribution >= 0.6 is 22.9 Å². The summed E-state index contributed by atoms with van der Waals surface area (Å²) < 4.78 is 5.74. The Bertz CT molecular complexity index is 348. The van der Waals surface area contributed by atoms with Crippen molar-refractivity contribution in [2.24, 2.45) is 5.92 Å². The highest BCUT2D eigenvalue weighted by Gasteiger charge is 2.45. The van der Waals surface area contributed by atoms with Gasteiger partial charge in [-0.1, -0.05) is 11.6 Å². The van der Waals surface area contributed by atoms with Crippen LogP contribution in [-0.4, -0.2) is 12.6 Å². The molecule has 1 aromatic rings. The summed E-state index contributed by atoms with van der Waals surface area (Å²) in [6.45, 7) is 2.30. The first-order chi connectivity index (χ1) is 6.72. The van der Waals surface area contributed by atoms with Crippen LogP contribution in [0.1, 0.15) is 24.1 Å². The van der Waals surface area contributed by atoms with Gasteiger partial charge >= 0.3 is 5.97 Å². The summed E-state index contributed by atoms with van der Waals surface area (Å²) in [6.07, 6.45) is 0.912. The second kappa shape index (κ2) is 3.91. The normalized spacial score (nSPS) is 24.7. The summed E-state index contributed by atoms with van der Waals surface area (Å²) in [4.78, 5) is 12.5. The van der Waals surface area contributed by atoms with Crippen molar-refractivity contribution in [3.8, 4) is 0 Å². The molecule has 1 fully saturated rings. The van der Waals surface area contributed by atoms with Crippen molar-refractivity contribution in [2.45, 2.75) is 19.3 Å². The van der Waals surface area contributed by atoms with Gasteiger partial charge in [-0.25, -0.2) is 0 Å². The van der Waals surface area contributed by atoms with Gasteiger partial charge in [0.15, 0.2) is 0 Å². The molecule has 1 aliphatic carbocycles. The SMILES string of the molecule is CCOC(=O)C1CC1c1ccc(Cl)s1. The monoisotopic (exact) mass is 230 g/mol. The number of rotatable bonds is 3. The fourth-order valence-corrected chi connectivity index (χ4v) is 2.79. The molecule has 1 aromatic heterocycles. The van der Waals surface area contributed by atoms with Crippen LogP contribution in [-0.2, 0) is 9.53 Å². The van der Waals surface area contributed by atoms with Crippen LogP contribution in [0.4, 0.5) is 0 Å². The zero-order chi connectivity index (χ0) is 10.1. The molecule has 2 nitrogen and oxygen atoms in total. The predicted molar refractivity (Wildman–Crippen MR) is 56.8 cm³/mol. The first kappa shape index (κ1) is 9.99. The third kappa shape index (κ3) is 1.93. The molecule has 1 aliphatic rings. The second-order valence-corrected chi connectivity index (χ2v) is 5.09. The Balaban J connectivity index is 1.96. The molecule has 0 bridgehead atoms. The lowest BCUT2D eigenvalue weighted by Gasteiger charge is -1.98. The standard InChI is InChI=1S/C10H11ClO2S/c1-2-13-10(12)7-5-6(7)8-3-4-9(11)14-8/h3-4,6-7H,2,5H2,1H3. The number of ether oxygens (including phenoxy) is 1. The minimum Gasteiger partial charge on any atom is -0.466 e. The fourth-order valence-electron chi connectivity index (χ4n) is 1.55. The molecular formula is C10H11ClO2S. The average Bonchev–Trinajstić information content (AvgIpc) is 2.84. The molecule has 2 rings (SSSR count). The molecule has 0 N–H and O–H groups in total. The summed E-state index contributed by atoms with van der Waals surface area (Å²) in [5.41, 5.74) is 0. The summed E-state index contributed by atoms with van der Waals surface area (Å²) >= 11 is 7.38. The zero-order valence-corrected chi connectivity index (χ0v) is 9.40. The average molecular weight is 231 g/mol. The van der Waals surface area contributed by atoms with Crippen LogP contribution in [0.25, 0.3) is 0 Å². The van der Waals surface area contributed by atoms with Crippen molar-refractivity contribution >= 4 is 28.9 Å². The molecule has 76 valence electrons. The van der Waals surface area contributed by atoms with E-state index in [4.69, 9.17) is 16.3 Å². The summed E-state index contributed by atoms with van der Waals surface area (Å²) in [5.74, 6) is 0.359. The van der Waals surface area contributed by atoms with Crippen molar-refractivity contribution in [1.29, 1.82) is 0 Å². The third-order valence-electron chi connectivity index (χ3n) is 2.34. The van der Waals surface area contributed by atoms with E-state index in [1.54, 1.807) is 11.3 Å². The van der Waals surface area contributed by atoms with Crippen molar-refractivity contribution in [2.75, 3.05) is 6.61 Å². The van der Waals surface area contributed by atoms with Gasteiger partial charge in [0, 0.05) is 10.8 Å². The Hall–Kier alpha value is -0.540. The smallest absolute Gasteiger partial charge is 0.309 e. The molecule has 0 radical (unpaired) electrons. The molecule has 0 amide bonds. The van der Waals surface area contributed by atoms with Crippen molar-refractivity contribution in [3.63, 3.8) is 0 Å². The van der Waals surface area contributed by atoms with Gasteiger partial charge in [0.05, 0.1) is 16.9 Å². The van der Waals surface area contributed by atoms with Gasteiger partial charge in [0.1, 0.15) is 0 Å². The number of halogens is 1. The lowest BCUT2D eigenvalue weighted by Crippen LogP contribution is -2.06. The van der Waals surface area contributed by atoms with Gasteiger partial charge in [-0.05, 0) is 25.5 Å². The third-order valence-corrected chi connectivity index (χ3v) is 3.70. The molecule has 0 aromatic carbocycles. The van der Waals surface area contributed by atoms with Gasteiger partial charge in [-0.2, -0.15) is 0 Å². The molecule has 1 saturated carbocycles. The van der Waals surface area contributed by atoms with E-state index in [1.807, 2.05) is 19.1 Å². The van der Waals surface area contributed by atoms with Crippen LogP contribution in [0.15, 0.2) is 12.1 Å². The number of carbonyl (C=O) groups excluding carboxylic acids is 1. The van der Waals surface area contributed by atoms with Crippen molar-refractivity contribution < 1.29 is 9.53 Å². The van der Waals surface area contributed by atoms with Crippen LogP contribution < -0.4 is 0 Å². The Kier molecular flexibility index (Phi) is 2.79. The molecule has 14 heavy (non-hydrogen) atoms. The maximum absolute atomic E-state index is 11.3. The minimum atomic E-state index is -0.0676. The number of carbonyl (C=O) groups is 1. The number of hydrogen-bond donors (Lipinski definition) is 0. The van der Waals surface area contributed by atoms with E-state index in [2.05, 4.69) is 0 Å².